The number of carbonyl (C=O) groups is 1. The summed E-state index contributed by atoms with van der Waals surface area (Å²) in [5, 5.41) is 2.83. The van der Waals surface area contributed by atoms with E-state index in [0.29, 0.717) is 18.0 Å². The average molecular weight is 376 g/mol. The summed E-state index contributed by atoms with van der Waals surface area (Å²) >= 11 is 0. The fourth-order valence-corrected chi connectivity index (χ4v) is 3.37. The standard InChI is InChI=1S/C19H24N2O4S/c1-4-25-18-12-10-17(11-13-18)21(26(3,23)24)14-19(22)20-15(2)16-8-6-5-7-9-16/h5-13,15H,4,14H2,1-3H3,(H,20,22)/t15-/m1/s1. The number of amides is 1. The Morgan fingerprint density at radius 3 is 2.27 bits per heavy atom. The van der Waals surface area contributed by atoms with Gasteiger partial charge in [0.05, 0.1) is 24.6 Å². The van der Waals surface area contributed by atoms with Gasteiger partial charge in [-0.25, -0.2) is 8.42 Å². The van der Waals surface area contributed by atoms with E-state index in [0.717, 1.165) is 16.1 Å². The Labute approximate surface area is 154 Å². The predicted molar refractivity (Wildman–Crippen MR) is 103 cm³/mol. The Balaban J connectivity index is 2.11. The van der Waals surface area contributed by atoms with Crippen molar-refractivity contribution in [2.24, 2.45) is 0 Å². The van der Waals surface area contributed by atoms with Crippen LogP contribution in [0.15, 0.2) is 54.6 Å². The number of hydrogen-bond acceptors (Lipinski definition) is 4. The van der Waals surface area contributed by atoms with Gasteiger partial charge in [-0.3, -0.25) is 9.10 Å². The molecule has 7 heteroatoms. The highest BCUT2D eigenvalue weighted by atomic mass is 32.2. The lowest BCUT2D eigenvalue weighted by atomic mass is 10.1. The third kappa shape index (κ3) is 5.49. The molecule has 0 aliphatic heterocycles. The molecular weight excluding hydrogens is 352 g/mol. The van der Waals surface area contributed by atoms with Gasteiger partial charge in [-0.1, -0.05) is 30.3 Å². The lowest BCUT2D eigenvalue weighted by Gasteiger charge is -2.23. The number of sulfonamides is 1. The molecule has 0 bridgehead atoms. The van der Waals surface area contributed by atoms with Crippen LogP contribution in [0.2, 0.25) is 0 Å². The van der Waals surface area contributed by atoms with Gasteiger partial charge >= 0.3 is 0 Å². The second-order valence-electron chi connectivity index (χ2n) is 5.90. The smallest absolute Gasteiger partial charge is 0.241 e. The Bertz CT molecular complexity index is 820. The summed E-state index contributed by atoms with van der Waals surface area (Å²) in [7, 11) is -3.61. The molecule has 0 fully saturated rings. The Kier molecular flexibility index (Phi) is 6.63. The Morgan fingerprint density at radius 1 is 1.12 bits per heavy atom. The molecule has 0 aromatic heterocycles. The van der Waals surface area contributed by atoms with Crippen LogP contribution in [-0.2, 0) is 14.8 Å². The quantitative estimate of drug-likeness (QED) is 0.769. The number of rotatable bonds is 8. The first-order valence-electron chi connectivity index (χ1n) is 8.36. The molecule has 0 radical (unpaired) electrons. The van der Waals surface area contributed by atoms with Crippen LogP contribution in [0.25, 0.3) is 0 Å². The molecule has 0 aliphatic rings. The number of nitrogens with zero attached hydrogens (tertiary/aromatic N) is 1. The van der Waals surface area contributed by atoms with Crippen molar-refractivity contribution in [3.05, 3.63) is 60.2 Å². The predicted octanol–water partition coefficient (Wildman–Crippen LogP) is 2.73. The van der Waals surface area contributed by atoms with Gasteiger partial charge < -0.3 is 10.1 Å². The fraction of sp³-hybridized carbons (Fsp3) is 0.316. The first-order chi connectivity index (χ1) is 12.3. The van der Waals surface area contributed by atoms with E-state index in [9.17, 15) is 13.2 Å². The van der Waals surface area contributed by atoms with Crippen molar-refractivity contribution in [2.45, 2.75) is 19.9 Å². The molecule has 1 amide bonds. The zero-order valence-electron chi connectivity index (χ0n) is 15.2. The van der Waals surface area contributed by atoms with Crippen LogP contribution in [-0.4, -0.2) is 33.7 Å². The van der Waals surface area contributed by atoms with Crippen molar-refractivity contribution in [1.29, 1.82) is 0 Å². The molecule has 0 aliphatic carbocycles. The molecule has 1 atom stereocenters. The van der Waals surface area contributed by atoms with Crippen LogP contribution in [0.5, 0.6) is 5.75 Å². The van der Waals surface area contributed by atoms with Crippen molar-refractivity contribution in [3.63, 3.8) is 0 Å². The van der Waals surface area contributed by atoms with Crippen molar-refractivity contribution in [2.75, 3.05) is 23.7 Å². The molecule has 6 nitrogen and oxygen atoms in total. The van der Waals surface area contributed by atoms with E-state index >= 15 is 0 Å². The first kappa shape index (κ1) is 19.8. The molecule has 0 saturated heterocycles. The van der Waals surface area contributed by atoms with Gasteiger partial charge in [0.15, 0.2) is 0 Å². The maximum atomic E-state index is 12.4. The maximum Gasteiger partial charge on any atom is 0.241 e. The summed E-state index contributed by atoms with van der Waals surface area (Å²) < 4.78 is 30.7. The summed E-state index contributed by atoms with van der Waals surface area (Å²) in [6.07, 6.45) is 1.08. The normalized spacial score (nSPS) is 12.3. The molecule has 2 aromatic rings. The molecule has 0 heterocycles. The highest BCUT2D eigenvalue weighted by Gasteiger charge is 2.22. The number of carbonyl (C=O) groups excluding carboxylic acids is 1. The first-order valence-corrected chi connectivity index (χ1v) is 10.2. The third-order valence-electron chi connectivity index (χ3n) is 3.80. The van der Waals surface area contributed by atoms with E-state index in [1.165, 1.54) is 0 Å². The van der Waals surface area contributed by atoms with E-state index < -0.39 is 10.0 Å². The SMILES string of the molecule is CCOc1ccc(N(CC(=O)N[C@H](C)c2ccccc2)S(C)(=O)=O)cc1. The van der Waals surface area contributed by atoms with E-state index in [-0.39, 0.29) is 18.5 Å². The van der Waals surface area contributed by atoms with Crippen LogP contribution >= 0.6 is 0 Å². The molecule has 2 aromatic carbocycles. The lowest BCUT2D eigenvalue weighted by molar-refractivity contribution is -0.120. The molecular formula is C19H24N2O4S. The van der Waals surface area contributed by atoms with Gasteiger partial charge in [0.25, 0.3) is 0 Å². The molecule has 0 saturated carbocycles. The average Bonchev–Trinajstić information content (AvgIpc) is 2.60. The van der Waals surface area contributed by atoms with Crippen molar-refractivity contribution in [3.8, 4) is 5.75 Å². The molecule has 1 N–H and O–H groups in total. The summed E-state index contributed by atoms with van der Waals surface area (Å²) in [6, 6.07) is 15.9. The molecule has 2 rings (SSSR count). The van der Waals surface area contributed by atoms with Gasteiger partial charge in [0.1, 0.15) is 12.3 Å². The van der Waals surface area contributed by atoms with Crippen LogP contribution in [0.4, 0.5) is 5.69 Å². The van der Waals surface area contributed by atoms with E-state index in [2.05, 4.69) is 5.32 Å². The summed E-state index contributed by atoms with van der Waals surface area (Å²) in [5.74, 6) is 0.271. The van der Waals surface area contributed by atoms with E-state index in [1.54, 1.807) is 24.3 Å². The molecule has 26 heavy (non-hydrogen) atoms. The largest absolute Gasteiger partial charge is 0.494 e. The summed E-state index contributed by atoms with van der Waals surface area (Å²) in [4.78, 5) is 12.4. The maximum absolute atomic E-state index is 12.4. The number of benzene rings is 2. The van der Waals surface area contributed by atoms with Crippen LogP contribution in [0.1, 0.15) is 25.5 Å². The van der Waals surface area contributed by atoms with Crippen molar-refractivity contribution < 1.29 is 17.9 Å². The van der Waals surface area contributed by atoms with E-state index in [1.807, 2.05) is 44.2 Å². The van der Waals surface area contributed by atoms with E-state index in [4.69, 9.17) is 4.74 Å². The van der Waals surface area contributed by atoms with Crippen LogP contribution in [0.3, 0.4) is 0 Å². The number of ether oxygens (including phenoxy) is 1. The minimum Gasteiger partial charge on any atom is -0.494 e. The van der Waals surface area contributed by atoms with Gasteiger partial charge in [-0.2, -0.15) is 0 Å². The Hall–Kier alpha value is -2.54. The van der Waals surface area contributed by atoms with Gasteiger partial charge in [0, 0.05) is 0 Å². The molecule has 0 spiro atoms. The Morgan fingerprint density at radius 2 is 1.73 bits per heavy atom. The second-order valence-corrected chi connectivity index (χ2v) is 7.80. The monoisotopic (exact) mass is 376 g/mol. The molecule has 0 unspecified atom stereocenters. The van der Waals surface area contributed by atoms with Gasteiger partial charge in [-0.15, -0.1) is 0 Å². The fourth-order valence-electron chi connectivity index (χ4n) is 2.52. The summed E-state index contributed by atoms with van der Waals surface area (Å²) in [6.45, 7) is 3.96. The van der Waals surface area contributed by atoms with Crippen LogP contribution < -0.4 is 14.4 Å². The van der Waals surface area contributed by atoms with Crippen molar-refractivity contribution >= 4 is 21.6 Å². The van der Waals surface area contributed by atoms with Gasteiger partial charge in [0.2, 0.25) is 15.9 Å². The highest BCUT2D eigenvalue weighted by molar-refractivity contribution is 7.92. The van der Waals surface area contributed by atoms with Crippen LogP contribution in [0, 0.1) is 0 Å². The summed E-state index contributed by atoms with van der Waals surface area (Å²) in [5.41, 5.74) is 1.37. The van der Waals surface area contributed by atoms with Gasteiger partial charge in [-0.05, 0) is 43.7 Å². The number of anilines is 1. The second kappa shape index (κ2) is 8.71. The highest BCUT2D eigenvalue weighted by Crippen LogP contribution is 2.21. The lowest BCUT2D eigenvalue weighted by Crippen LogP contribution is -2.41. The minimum atomic E-state index is -3.61. The van der Waals surface area contributed by atoms with Crippen molar-refractivity contribution in [1.82, 2.24) is 5.32 Å². The third-order valence-corrected chi connectivity index (χ3v) is 4.94. The minimum absolute atomic E-state index is 0.217. The topological polar surface area (TPSA) is 75.7 Å². The molecule has 140 valence electrons. The number of hydrogen-bond donors (Lipinski definition) is 1. The zero-order chi connectivity index (χ0) is 19.2. The number of nitrogens with one attached hydrogen (secondary N) is 1. The zero-order valence-corrected chi connectivity index (χ0v) is 16.0.